The highest BCUT2D eigenvalue weighted by Gasteiger charge is 2.50. The van der Waals surface area contributed by atoms with Crippen molar-refractivity contribution in [1.82, 2.24) is 9.13 Å². The van der Waals surface area contributed by atoms with Crippen molar-refractivity contribution in [3.8, 4) is 0 Å². The average molecular weight is 770 g/mol. The summed E-state index contributed by atoms with van der Waals surface area (Å²) in [4.78, 5) is 47.3. The molecule has 0 saturated carbocycles. The smallest absolute Gasteiger partial charge is 0.461 e. The predicted octanol–water partition coefficient (Wildman–Crippen LogP) is 7.54. The van der Waals surface area contributed by atoms with Gasteiger partial charge < -0.3 is 18.8 Å². The van der Waals surface area contributed by atoms with Crippen LogP contribution in [0.5, 0.6) is 0 Å². The molecule has 2 unspecified atom stereocenters. The van der Waals surface area contributed by atoms with E-state index < -0.39 is 46.8 Å². The minimum absolute atomic E-state index is 0.118. The van der Waals surface area contributed by atoms with Crippen molar-refractivity contribution in [2.24, 2.45) is 0 Å². The lowest BCUT2D eigenvalue weighted by molar-refractivity contribution is -0.148. The van der Waals surface area contributed by atoms with Crippen LogP contribution in [0.15, 0.2) is 63.9 Å². The standard InChI is InChI=1S/C15H20FNO3.C12H15BrFNO3.C9H17BO2/c1-4-7-11-9-12(16)14(18)17(10-11)13(8-5-2)15(19)20-6-3;1-3-5-10(12(17)18-4-2)15-7-8(13)6-9(14)11(15)16;1-6-7-10-11-8(2,3)9(4,5)12-10/h4,9-10,13H,1,5-8H2,2-3H3;6-7,10H,3-5H2,1-2H3;6H,1,7H2,2-5H3. The number of aromatic nitrogens is 2. The zero-order valence-electron chi connectivity index (χ0n) is 30.6. The average Bonchev–Trinajstić information content (AvgIpc) is 3.24. The van der Waals surface area contributed by atoms with Gasteiger partial charge in [0.2, 0.25) is 0 Å². The molecule has 2 aromatic heterocycles. The van der Waals surface area contributed by atoms with Crippen LogP contribution in [0.2, 0.25) is 6.32 Å². The van der Waals surface area contributed by atoms with Gasteiger partial charge in [0.1, 0.15) is 12.1 Å². The number of nitrogens with zero attached hydrogens (tertiary/aromatic N) is 2. The fraction of sp³-hybridized carbons (Fsp3) is 0.556. The van der Waals surface area contributed by atoms with Gasteiger partial charge in [0.15, 0.2) is 11.6 Å². The van der Waals surface area contributed by atoms with Crippen molar-refractivity contribution in [1.29, 1.82) is 0 Å². The van der Waals surface area contributed by atoms with Crippen LogP contribution in [-0.4, -0.2) is 52.6 Å². The Morgan fingerprint density at radius 3 is 1.68 bits per heavy atom. The Morgan fingerprint density at radius 2 is 1.28 bits per heavy atom. The van der Waals surface area contributed by atoms with Crippen LogP contribution < -0.4 is 11.1 Å². The Balaban J connectivity index is 0.000000386. The highest BCUT2D eigenvalue weighted by Crippen LogP contribution is 2.37. The van der Waals surface area contributed by atoms with Crippen LogP contribution in [0.4, 0.5) is 8.78 Å². The van der Waals surface area contributed by atoms with Gasteiger partial charge in [-0.2, -0.15) is 0 Å². The molecule has 3 rings (SSSR count). The van der Waals surface area contributed by atoms with E-state index in [1.54, 1.807) is 19.9 Å². The van der Waals surface area contributed by atoms with Crippen molar-refractivity contribution < 1.29 is 37.2 Å². The molecule has 1 aliphatic heterocycles. The minimum Gasteiger partial charge on any atom is -0.464 e. The van der Waals surface area contributed by atoms with E-state index in [0.717, 1.165) is 21.5 Å². The lowest BCUT2D eigenvalue weighted by atomic mass is 9.85. The number of ether oxygens (including phenoxy) is 2. The van der Waals surface area contributed by atoms with Gasteiger partial charge >= 0.3 is 19.1 Å². The lowest BCUT2D eigenvalue weighted by Gasteiger charge is -2.32. The second kappa shape index (κ2) is 21.1. The first-order valence-electron chi connectivity index (χ1n) is 16.8. The number of carbonyl (C=O) groups is 2. The first-order valence-corrected chi connectivity index (χ1v) is 17.6. The molecule has 0 amide bonds. The molecule has 0 bridgehead atoms. The fourth-order valence-corrected chi connectivity index (χ4v) is 5.28. The molecular formula is C36H52BBrF2N2O8. The molecule has 50 heavy (non-hydrogen) atoms. The number of allylic oxidation sites excluding steroid dienone is 2. The van der Waals surface area contributed by atoms with Crippen LogP contribution in [0, 0.1) is 11.6 Å². The maximum absolute atomic E-state index is 13.7. The number of hydrogen-bond donors (Lipinski definition) is 0. The summed E-state index contributed by atoms with van der Waals surface area (Å²) in [7, 11) is -0.118. The van der Waals surface area contributed by atoms with E-state index in [-0.39, 0.29) is 31.5 Å². The molecule has 14 heteroatoms. The van der Waals surface area contributed by atoms with Crippen LogP contribution in [0.3, 0.4) is 0 Å². The topological polar surface area (TPSA) is 115 Å². The van der Waals surface area contributed by atoms with Crippen molar-refractivity contribution in [3.05, 3.63) is 92.2 Å². The fourth-order valence-electron chi connectivity index (χ4n) is 4.86. The molecule has 1 saturated heterocycles. The van der Waals surface area contributed by atoms with Crippen LogP contribution in [-0.2, 0) is 34.8 Å². The summed E-state index contributed by atoms with van der Waals surface area (Å²) < 4.78 is 51.0. The second-order valence-corrected chi connectivity index (χ2v) is 13.4. The normalized spacial score (nSPS) is 15.4. The number of esters is 2. The third-order valence-corrected chi connectivity index (χ3v) is 8.41. The van der Waals surface area contributed by atoms with Crippen LogP contribution in [0.25, 0.3) is 0 Å². The molecule has 0 N–H and O–H groups in total. The molecule has 10 nitrogen and oxygen atoms in total. The number of halogens is 3. The molecule has 0 aromatic carbocycles. The van der Waals surface area contributed by atoms with Gasteiger partial charge in [-0.25, -0.2) is 18.4 Å². The number of hydrogen-bond acceptors (Lipinski definition) is 8. The summed E-state index contributed by atoms with van der Waals surface area (Å²) in [5.74, 6) is -2.78. The van der Waals surface area contributed by atoms with E-state index in [1.165, 1.54) is 18.5 Å². The van der Waals surface area contributed by atoms with Crippen molar-refractivity contribution in [2.45, 2.75) is 117 Å². The van der Waals surface area contributed by atoms with Gasteiger partial charge in [0.25, 0.3) is 11.1 Å². The molecular weight excluding hydrogens is 717 g/mol. The number of pyridine rings is 2. The zero-order chi connectivity index (χ0) is 38.2. The van der Waals surface area contributed by atoms with E-state index in [1.807, 2.05) is 19.9 Å². The quantitative estimate of drug-likeness (QED) is 0.110. The molecule has 0 spiro atoms. The third kappa shape index (κ3) is 12.8. The summed E-state index contributed by atoms with van der Waals surface area (Å²) in [6.45, 7) is 23.0. The van der Waals surface area contributed by atoms with Crippen molar-refractivity contribution in [3.63, 3.8) is 0 Å². The van der Waals surface area contributed by atoms with Gasteiger partial charge in [0, 0.05) is 23.2 Å². The molecule has 1 fully saturated rings. The van der Waals surface area contributed by atoms with Crippen molar-refractivity contribution in [2.75, 3.05) is 13.2 Å². The van der Waals surface area contributed by atoms with Gasteiger partial charge in [-0.1, -0.05) is 38.8 Å². The summed E-state index contributed by atoms with van der Waals surface area (Å²) >= 11 is 3.10. The Morgan fingerprint density at radius 1 is 0.840 bits per heavy atom. The first-order chi connectivity index (χ1) is 23.4. The van der Waals surface area contributed by atoms with E-state index in [9.17, 15) is 28.0 Å². The minimum atomic E-state index is -0.894. The lowest BCUT2D eigenvalue weighted by Crippen LogP contribution is -2.41. The summed E-state index contributed by atoms with van der Waals surface area (Å²) in [6, 6.07) is 0.683. The Hall–Kier alpha value is -3.36. The maximum atomic E-state index is 13.7. The highest BCUT2D eigenvalue weighted by molar-refractivity contribution is 9.10. The number of carbonyl (C=O) groups excluding carboxylic acids is 2. The SMILES string of the molecule is C=CCB1OC(C)(C)C(C)(C)O1.C=CCc1cc(F)c(=O)n(C(CCC)C(=O)OCC)c1.CCCC(C(=O)OCC)n1cc(Br)cc(F)c1=O. The summed E-state index contributed by atoms with van der Waals surface area (Å²) in [5, 5.41) is 0. The van der Waals surface area contributed by atoms with Gasteiger partial charge in [0.05, 0.1) is 24.4 Å². The monoisotopic (exact) mass is 768 g/mol. The highest BCUT2D eigenvalue weighted by atomic mass is 79.9. The number of rotatable bonds is 14. The van der Waals surface area contributed by atoms with Gasteiger partial charge in [-0.15, -0.1) is 13.2 Å². The molecule has 2 atom stereocenters. The van der Waals surface area contributed by atoms with E-state index in [0.29, 0.717) is 42.1 Å². The largest absolute Gasteiger partial charge is 0.464 e. The Labute approximate surface area is 303 Å². The van der Waals surface area contributed by atoms with Gasteiger partial charge in [-0.05, 0) is 94.4 Å². The van der Waals surface area contributed by atoms with E-state index in [2.05, 4.69) is 56.8 Å². The third-order valence-electron chi connectivity index (χ3n) is 7.98. The zero-order valence-corrected chi connectivity index (χ0v) is 32.1. The maximum Gasteiger partial charge on any atom is 0.461 e. The molecule has 2 aromatic rings. The van der Waals surface area contributed by atoms with E-state index in [4.69, 9.17) is 18.8 Å². The Kier molecular flexibility index (Phi) is 18.9. The molecule has 278 valence electrons. The van der Waals surface area contributed by atoms with E-state index >= 15 is 0 Å². The molecule has 1 aliphatic rings. The molecule has 0 aliphatic carbocycles. The second-order valence-electron chi connectivity index (χ2n) is 12.4. The van der Waals surface area contributed by atoms with Crippen LogP contribution >= 0.6 is 15.9 Å². The summed E-state index contributed by atoms with van der Waals surface area (Å²) in [6.07, 6.45) is 9.75. The Bertz CT molecular complexity index is 1540. The first kappa shape index (κ1) is 44.7. The van der Waals surface area contributed by atoms with Crippen LogP contribution in [0.1, 0.15) is 98.7 Å². The van der Waals surface area contributed by atoms with Crippen molar-refractivity contribution >= 4 is 35.0 Å². The summed E-state index contributed by atoms with van der Waals surface area (Å²) in [5.41, 5.74) is -1.43. The predicted molar refractivity (Wildman–Crippen MR) is 195 cm³/mol. The molecule has 3 heterocycles. The van der Waals surface area contributed by atoms with Gasteiger partial charge in [-0.3, -0.25) is 18.7 Å². The molecule has 0 radical (unpaired) electrons.